The van der Waals surface area contributed by atoms with Crippen molar-refractivity contribution in [1.82, 2.24) is 15.2 Å². The summed E-state index contributed by atoms with van der Waals surface area (Å²) in [5, 5.41) is 3.45. The molecule has 138 valence electrons. The number of pyridine rings is 1. The van der Waals surface area contributed by atoms with Crippen LogP contribution in [0.1, 0.15) is 32.1 Å². The van der Waals surface area contributed by atoms with Crippen LogP contribution in [0.15, 0.2) is 18.5 Å². The first kappa shape index (κ1) is 17.1. The Bertz CT molecular complexity index is 529. The van der Waals surface area contributed by atoms with Gasteiger partial charge in [0.15, 0.2) is 0 Å². The van der Waals surface area contributed by atoms with Gasteiger partial charge in [-0.15, -0.1) is 0 Å². The molecule has 0 bridgehead atoms. The highest BCUT2D eigenvalue weighted by molar-refractivity contribution is 5.57. The second-order valence-electron chi connectivity index (χ2n) is 7.93. The van der Waals surface area contributed by atoms with Gasteiger partial charge in [-0.3, -0.25) is 4.98 Å². The fourth-order valence-electron chi connectivity index (χ4n) is 4.55. The minimum absolute atomic E-state index is 0.868. The molecule has 0 saturated carbocycles. The van der Waals surface area contributed by atoms with Gasteiger partial charge in [0, 0.05) is 58.9 Å². The molecule has 5 heteroatoms. The molecule has 3 aliphatic heterocycles. The molecule has 0 aromatic carbocycles. The summed E-state index contributed by atoms with van der Waals surface area (Å²) in [6, 6.07) is 2.37. The lowest BCUT2D eigenvalue weighted by atomic mass is 9.95. The average molecular weight is 344 g/mol. The van der Waals surface area contributed by atoms with Crippen molar-refractivity contribution in [3.63, 3.8) is 0 Å². The topological polar surface area (TPSA) is 34.6 Å². The molecule has 3 saturated heterocycles. The number of aromatic nitrogens is 1. The van der Waals surface area contributed by atoms with E-state index in [1.807, 2.05) is 6.20 Å². The number of hydrogen-bond donors (Lipinski definition) is 1. The summed E-state index contributed by atoms with van der Waals surface area (Å²) >= 11 is 0. The van der Waals surface area contributed by atoms with Crippen molar-refractivity contribution in [2.75, 3.05) is 68.7 Å². The lowest BCUT2D eigenvalue weighted by Crippen LogP contribution is -2.46. The van der Waals surface area contributed by atoms with E-state index in [-0.39, 0.29) is 0 Å². The van der Waals surface area contributed by atoms with E-state index in [4.69, 9.17) is 0 Å². The number of hydrogen-bond acceptors (Lipinski definition) is 5. The quantitative estimate of drug-likeness (QED) is 0.907. The van der Waals surface area contributed by atoms with Crippen LogP contribution < -0.4 is 15.1 Å². The molecule has 0 spiro atoms. The second kappa shape index (κ2) is 8.37. The number of nitrogens with one attached hydrogen (secondary N) is 1. The van der Waals surface area contributed by atoms with Gasteiger partial charge < -0.3 is 20.0 Å². The van der Waals surface area contributed by atoms with Gasteiger partial charge in [0.2, 0.25) is 0 Å². The van der Waals surface area contributed by atoms with E-state index < -0.39 is 0 Å². The van der Waals surface area contributed by atoms with Crippen molar-refractivity contribution in [3.05, 3.63) is 18.5 Å². The van der Waals surface area contributed by atoms with Gasteiger partial charge in [-0.25, -0.2) is 0 Å². The van der Waals surface area contributed by atoms with Crippen molar-refractivity contribution in [2.24, 2.45) is 5.92 Å². The van der Waals surface area contributed by atoms with Crippen molar-refractivity contribution >= 4 is 11.4 Å². The zero-order valence-corrected chi connectivity index (χ0v) is 15.5. The lowest BCUT2D eigenvalue weighted by Gasteiger charge is -2.37. The number of piperazine rings is 1. The predicted molar refractivity (Wildman–Crippen MR) is 105 cm³/mol. The fraction of sp³-hybridized carbons (Fsp3) is 0.750. The maximum Gasteiger partial charge on any atom is 0.0573 e. The summed E-state index contributed by atoms with van der Waals surface area (Å²) < 4.78 is 0. The van der Waals surface area contributed by atoms with Gasteiger partial charge >= 0.3 is 0 Å². The van der Waals surface area contributed by atoms with Crippen LogP contribution in [-0.4, -0.2) is 68.8 Å². The third kappa shape index (κ3) is 4.45. The Morgan fingerprint density at radius 1 is 0.840 bits per heavy atom. The van der Waals surface area contributed by atoms with Crippen LogP contribution in [-0.2, 0) is 0 Å². The second-order valence-corrected chi connectivity index (χ2v) is 7.93. The van der Waals surface area contributed by atoms with Crippen molar-refractivity contribution in [2.45, 2.75) is 32.1 Å². The molecule has 5 nitrogen and oxygen atoms in total. The molecule has 3 aliphatic rings. The monoisotopic (exact) mass is 343 g/mol. The summed E-state index contributed by atoms with van der Waals surface area (Å²) in [4.78, 5) is 12.3. The molecule has 1 aromatic heterocycles. The Labute approximate surface area is 152 Å². The van der Waals surface area contributed by atoms with Crippen molar-refractivity contribution < 1.29 is 0 Å². The van der Waals surface area contributed by atoms with Gasteiger partial charge in [-0.05, 0) is 44.1 Å². The number of nitrogens with zero attached hydrogens (tertiary/aromatic N) is 4. The Morgan fingerprint density at radius 3 is 2.16 bits per heavy atom. The Morgan fingerprint density at radius 2 is 1.48 bits per heavy atom. The van der Waals surface area contributed by atoms with Crippen LogP contribution in [0.25, 0.3) is 0 Å². The van der Waals surface area contributed by atoms with E-state index in [0.29, 0.717) is 0 Å². The normalized spacial score (nSPS) is 23.8. The third-order valence-corrected chi connectivity index (χ3v) is 6.14. The van der Waals surface area contributed by atoms with E-state index >= 15 is 0 Å². The third-order valence-electron chi connectivity index (χ3n) is 6.14. The van der Waals surface area contributed by atoms with Gasteiger partial charge in [0.05, 0.1) is 23.8 Å². The van der Waals surface area contributed by atoms with E-state index in [9.17, 15) is 0 Å². The smallest absolute Gasteiger partial charge is 0.0573 e. The average Bonchev–Trinajstić information content (AvgIpc) is 2.70. The molecule has 4 rings (SSSR count). The first-order chi connectivity index (χ1) is 12.4. The van der Waals surface area contributed by atoms with E-state index in [1.165, 1.54) is 89.3 Å². The summed E-state index contributed by atoms with van der Waals surface area (Å²) in [5.41, 5.74) is 2.64. The predicted octanol–water partition coefficient (Wildman–Crippen LogP) is 2.19. The summed E-state index contributed by atoms with van der Waals surface area (Å²) in [6.07, 6.45) is 10.8. The van der Waals surface area contributed by atoms with Crippen molar-refractivity contribution in [1.29, 1.82) is 0 Å². The van der Waals surface area contributed by atoms with E-state index in [0.717, 1.165) is 19.0 Å². The van der Waals surface area contributed by atoms with Crippen molar-refractivity contribution in [3.8, 4) is 0 Å². The van der Waals surface area contributed by atoms with Gasteiger partial charge in [-0.2, -0.15) is 0 Å². The first-order valence-corrected chi connectivity index (χ1v) is 10.3. The SMILES string of the molecule is c1ncc(N2CCC(CN3CCNCC3)CC2)cc1N1CCCCC1. The Balaban J connectivity index is 1.31. The first-order valence-electron chi connectivity index (χ1n) is 10.3. The molecule has 0 amide bonds. The molecular weight excluding hydrogens is 310 g/mol. The maximum atomic E-state index is 4.55. The van der Waals surface area contributed by atoms with Crippen LogP contribution in [0, 0.1) is 5.92 Å². The molecule has 1 N–H and O–H groups in total. The van der Waals surface area contributed by atoms with Gasteiger partial charge in [0.1, 0.15) is 0 Å². The summed E-state index contributed by atoms with van der Waals surface area (Å²) in [6.45, 7) is 10.8. The minimum Gasteiger partial charge on any atom is -0.370 e. The van der Waals surface area contributed by atoms with Gasteiger partial charge in [0.25, 0.3) is 0 Å². The van der Waals surface area contributed by atoms with Crippen LogP contribution in [0.2, 0.25) is 0 Å². The molecule has 0 aliphatic carbocycles. The maximum absolute atomic E-state index is 4.55. The molecule has 0 unspecified atom stereocenters. The molecular formula is C20H33N5. The van der Waals surface area contributed by atoms with Crippen LogP contribution in [0.3, 0.4) is 0 Å². The molecule has 25 heavy (non-hydrogen) atoms. The van der Waals surface area contributed by atoms with Gasteiger partial charge in [-0.1, -0.05) is 0 Å². The largest absolute Gasteiger partial charge is 0.370 e. The fourth-order valence-corrected chi connectivity index (χ4v) is 4.55. The number of anilines is 2. The highest BCUT2D eigenvalue weighted by atomic mass is 15.2. The number of rotatable bonds is 4. The molecule has 0 radical (unpaired) electrons. The highest BCUT2D eigenvalue weighted by Gasteiger charge is 2.23. The van der Waals surface area contributed by atoms with Crippen LogP contribution in [0.4, 0.5) is 11.4 Å². The van der Waals surface area contributed by atoms with Crippen LogP contribution in [0.5, 0.6) is 0 Å². The Hall–Kier alpha value is -1.33. The lowest BCUT2D eigenvalue weighted by molar-refractivity contribution is 0.190. The summed E-state index contributed by atoms with van der Waals surface area (Å²) in [7, 11) is 0. The molecule has 4 heterocycles. The molecule has 3 fully saturated rings. The Kier molecular flexibility index (Phi) is 5.72. The van der Waals surface area contributed by atoms with Crippen LogP contribution >= 0.6 is 0 Å². The number of piperidine rings is 2. The zero-order chi connectivity index (χ0) is 16.9. The van der Waals surface area contributed by atoms with E-state index in [1.54, 1.807) is 0 Å². The standard InChI is InChI=1S/C20H33N5/c1-2-8-24(9-3-1)19-14-20(16-22-15-19)25-10-4-18(5-11-25)17-23-12-6-21-7-13-23/h14-16,18,21H,1-13,17H2. The van der Waals surface area contributed by atoms with E-state index in [2.05, 4.69) is 37.3 Å². The summed E-state index contributed by atoms with van der Waals surface area (Å²) in [5.74, 6) is 0.868. The molecule has 1 aromatic rings. The minimum atomic E-state index is 0.868. The highest BCUT2D eigenvalue weighted by Crippen LogP contribution is 2.27. The zero-order valence-electron chi connectivity index (χ0n) is 15.5. The molecule has 0 atom stereocenters.